The van der Waals surface area contributed by atoms with Crippen LogP contribution in [0.4, 0.5) is 5.13 Å². The van der Waals surface area contributed by atoms with Gasteiger partial charge in [0.25, 0.3) is 0 Å². The van der Waals surface area contributed by atoms with Crippen LogP contribution in [0.3, 0.4) is 0 Å². The summed E-state index contributed by atoms with van der Waals surface area (Å²) in [7, 11) is 0. The average molecular weight is 423 g/mol. The first-order valence-corrected chi connectivity index (χ1v) is 10.6. The summed E-state index contributed by atoms with van der Waals surface area (Å²) < 4.78 is 5.52. The van der Waals surface area contributed by atoms with Crippen LogP contribution in [0, 0.1) is 34.6 Å². The molecule has 0 aliphatic heterocycles. The molecule has 0 radical (unpaired) electrons. The molecule has 0 spiro atoms. The number of thiazole rings is 1. The van der Waals surface area contributed by atoms with Crippen LogP contribution in [0.1, 0.15) is 50.1 Å². The Morgan fingerprint density at radius 1 is 1.07 bits per heavy atom. The molecule has 0 unspecified atom stereocenters. The third kappa shape index (κ3) is 6.85. The van der Waals surface area contributed by atoms with Crippen molar-refractivity contribution in [3.05, 3.63) is 93.3 Å². The molecule has 0 saturated heterocycles. The lowest BCUT2D eigenvalue weighted by Gasteiger charge is -2.09. The Bertz CT molecular complexity index is 1000. The molecule has 1 aromatic heterocycles. The van der Waals surface area contributed by atoms with Gasteiger partial charge in [-0.25, -0.2) is 4.98 Å². The van der Waals surface area contributed by atoms with Gasteiger partial charge in [0.2, 0.25) is 0 Å². The van der Waals surface area contributed by atoms with Gasteiger partial charge in [0.1, 0.15) is 6.61 Å². The fourth-order valence-electron chi connectivity index (χ4n) is 2.93. The van der Waals surface area contributed by atoms with E-state index in [0.717, 1.165) is 11.3 Å². The number of ether oxygens (including phenoxy) is 1. The van der Waals surface area contributed by atoms with Crippen LogP contribution in [0.25, 0.3) is 0 Å². The Balaban J connectivity index is 0.000000269. The zero-order valence-corrected chi connectivity index (χ0v) is 19.4. The predicted molar refractivity (Wildman–Crippen MR) is 126 cm³/mol. The Hall–Kier alpha value is -2.92. The lowest BCUT2D eigenvalue weighted by molar-refractivity contribution is 0.102. The number of Topliss-reactive ketones (excluding diaryl/α,β-unsaturated/α-hetero) is 1. The summed E-state index contributed by atoms with van der Waals surface area (Å²) in [5.74, 6) is 0.432. The highest BCUT2D eigenvalue weighted by Crippen LogP contribution is 2.24. The van der Waals surface area contributed by atoms with Crippen molar-refractivity contribution in [2.45, 2.75) is 48.1 Å². The van der Waals surface area contributed by atoms with Gasteiger partial charge < -0.3 is 10.1 Å². The molecule has 0 amide bonds. The third-order valence-electron chi connectivity index (χ3n) is 4.69. The van der Waals surface area contributed by atoms with Crippen molar-refractivity contribution in [2.24, 2.45) is 0 Å². The van der Waals surface area contributed by atoms with Gasteiger partial charge in [-0.1, -0.05) is 59.4 Å². The molecule has 1 N–H and O–H groups in total. The zero-order chi connectivity index (χ0) is 22.3. The number of nitrogens with one attached hydrogen (secondary N) is 1. The fourth-order valence-corrected chi connectivity index (χ4v) is 3.81. The lowest BCUT2D eigenvalue weighted by atomic mass is 10.0. The highest BCUT2D eigenvalue weighted by molar-refractivity contribution is 7.17. The first-order chi connectivity index (χ1) is 14.2. The van der Waals surface area contributed by atoms with E-state index in [0.29, 0.717) is 22.5 Å². The Morgan fingerprint density at radius 2 is 1.67 bits per heavy atom. The van der Waals surface area contributed by atoms with Crippen molar-refractivity contribution in [1.82, 2.24) is 4.98 Å². The molecule has 0 aliphatic carbocycles. The molecule has 0 aliphatic rings. The Morgan fingerprint density at radius 3 is 2.20 bits per heavy atom. The van der Waals surface area contributed by atoms with E-state index in [4.69, 9.17) is 4.74 Å². The Kier molecular flexibility index (Phi) is 8.36. The van der Waals surface area contributed by atoms with Crippen LogP contribution in [0.15, 0.2) is 54.9 Å². The second-order valence-electron chi connectivity index (χ2n) is 7.34. The maximum absolute atomic E-state index is 11.4. The van der Waals surface area contributed by atoms with Crippen LogP contribution in [-0.2, 0) is 11.3 Å². The smallest absolute Gasteiger partial charge is 0.190 e. The van der Waals surface area contributed by atoms with Crippen molar-refractivity contribution < 1.29 is 9.53 Å². The molecule has 5 heteroatoms. The monoisotopic (exact) mass is 422 g/mol. The molecule has 3 aromatic rings. The summed E-state index contributed by atoms with van der Waals surface area (Å²) in [5, 5.41) is 3.58. The summed E-state index contributed by atoms with van der Waals surface area (Å²) in [4.78, 5) is 16.3. The van der Waals surface area contributed by atoms with E-state index in [1.54, 1.807) is 0 Å². The number of hydrogen-bond donors (Lipinski definition) is 1. The lowest BCUT2D eigenvalue weighted by Crippen LogP contribution is -2.02. The van der Waals surface area contributed by atoms with Gasteiger partial charge in [0, 0.05) is 6.92 Å². The van der Waals surface area contributed by atoms with E-state index in [-0.39, 0.29) is 5.78 Å². The van der Waals surface area contributed by atoms with Crippen LogP contribution in [-0.4, -0.2) is 10.8 Å². The molecule has 0 fully saturated rings. The normalized spacial score (nSPS) is 10.1. The summed E-state index contributed by atoms with van der Waals surface area (Å²) in [6.07, 6.45) is 0. The van der Waals surface area contributed by atoms with Crippen LogP contribution in [0.2, 0.25) is 0 Å². The third-order valence-corrected chi connectivity index (χ3v) is 5.86. The Labute approximate surface area is 183 Å². The van der Waals surface area contributed by atoms with Gasteiger partial charge >= 0.3 is 0 Å². The zero-order valence-electron chi connectivity index (χ0n) is 18.6. The largest absolute Gasteiger partial charge is 0.475 e. The van der Waals surface area contributed by atoms with E-state index >= 15 is 0 Å². The standard InChI is InChI=1S/C15H16N2O2S.C10H14/c1-10-14(11(2)18)20-15(16-10)17-12(3)19-9-13-7-5-4-6-8-13;1-7-5-8(2)10(4)9(3)6-7/h4-8H,3,9H2,1-2H3,(H,16,17);5-6H,1-4H3. The SMILES string of the molecule is C=C(Nc1nc(C)c(C(C)=O)s1)OCc1ccccc1.Cc1cc(C)c(C)c(C)c1. The van der Waals surface area contributed by atoms with E-state index in [9.17, 15) is 4.79 Å². The first-order valence-electron chi connectivity index (χ1n) is 9.82. The van der Waals surface area contributed by atoms with Crippen LogP contribution in [0.5, 0.6) is 0 Å². The summed E-state index contributed by atoms with van der Waals surface area (Å²) >= 11 is 1.31. The molecule has 0 saturated carbocycles. The van der Waals surface area contributed by atoms with Crippen molar-refractivity contribution in [2.75, 3.05) is 5.32 Å². The molecule has 4 nitrogen and oxygen atoms in total. The van der Waals surface area contributed by atoms with Crippen LogP contribution >= 0.6 is 11.3 Å². The number of carbonyl (C=O) groups is 1. The van der Waals surface area contributed by atoms with Crippen molar-refractivity contribution >= 4 is 22.3 Å². The fraction of sp³-hybridized carbons (Fsp3) is 0.280. The average Bonchev–Trinajstić information content (AvgIpc) is 3.06. The van der Waals surface area contributed by atoms with E-state index in [1.165, 1.54) is 40.5 Å². The molecule has 158 valence electrons. The number of benzene rings is 2. The minimum Gasteiger partial charge on any atom is -0.475 e. The second-order valence-corrected chi connectivity index (χ2v) is 8.33. The quantitative estimate of drug-likeness (QED) is 0.356. The van der Waals surface area contributed by atoms with Gasteiger partial charge in [0.05, 0.1) is 10.6 Å². The highest BCUT2D eigenvalue weighted by Gasteiger charge is 2.12. The maximum Gasteiger partial charge on any atom is 0.190 e. The number of rotatable bonds is 6. The van der Waals surface area contributed by atoms with Gasteiger partial charge in [-0.05, 0) is 63.5 Å². The van der Waals surface area contributed by atoms with Gasteiger partial charge in [-0.2, -0.15) is 0 Å². The van der Waals surface area contributed by atoms with E-state index < -0.39 is 0 Å². The number of aryl methyl sites for hydroxylation is 4. The minimum absolute atomic E-state index is 0.0175. The number of anilines is 1. The van der Waals surface area contributed by atoms with Gasteiger partial charge in [-0.3, -0.25) is 4.79 Å². The number of carbonyl (C=O) groups excluding carboxylic acids is 1. The highest BCUT2D eigenvalue weighted by atomic mass is 32.1. The summed E-state index contributed by atoms with van der Waals surface area (Å²) in [6.45, 7) is 16.2. The molecular weight excluding hydrogens is 392 g/mol. The molecule has 30 heavy (non-hydrogen) atoms. The van der Waals surface area contributed by atoms with Crippen molar-refractivity contribution in [1.29, 1.82) is 0 Å². The van der Waals surface area contributed by atoms with E-state index in [2.05, 4.69) is 56.7 Å². The first kappa shape index (κ1) is 23.4. The number of aromatic nitrogens is 1. The second kappa shape index (κ2) is 10.7. The minimum atomic E-state index is 0.0175. The van der Waals surface area contributed by atoms with Crippen molar-refractivity contribution in [3.8, 4) is 0 Å². The summed E-state index contributed by atoms with van der Waals surface area (Å²) in [6, 6.07) is 14.3. The van der Waals surface area contributed by atoms with Crippen molar-refractivity contribution in [3.63, 3.8) is 0 Å². The van der Waals surface area contributed by atoms with Gasteiger partial charge in [0.15, 0.2) is 16.8 Å². The van der Waals surface area contributed by atoms with E-state index in [1.807, 2.05) is 37.3 Å². The molecule has 2 aromatic carbocycles. The predicted octanol–water partition coefficient (Wildman–Crippen LogP) is 6.67. The van der Waals surface area contributed by atoms with Gasteiger partial charge in [-0.15, -0.1) is 0 Å². The number of ketones is 1. The molecular formula is C25H30N2O2S. The summed E-state index contributed by atoms with van der Waals surface area (Å²) in [5.41, 5.74) is 7.37. The molecule has 3 rings (SSSR count). The molecule has 0 bridgehead atoms. The topological polar surface area (TPSA) is 51.2 Å². The molecule has 1 heterocycles. The van der Waals surface area contributed by atoms with Crippen LogP contribution < -0.4 is 5.32 Å². The number of hydrogen-bond acceptors (Lipinski definition) is 5. The maximum atomic E-state index is 11.4. The molecule has 0 atom stereocenters. The number of nitrogens with zero attached hydrogens (tertiary/aromatic N) is 1.